The summed E-state index contributed by atoms with van der Waals surface area (Å²) in [6.45, 7) is 2.56. The number of amides is 1. The van der Waals surface area contributed by atoms with Crippen LogP contribution in [0.15, 0.2) is 42.5 Å². The van der Waals surface area contributed by atoms with Gasteiger partial charge in [-0.25, -0.2) is 0 Å². The van der Waals surface area contributed by atoms with E-state index in [0.29, 0.717) is 28.7 Å². The van der Waals surface area contributed by atoms with Crippen LogP contribution in [0.3, 0.4) is 0 Å². The van der Waals surface area contributed by atoms with Gasteiger partial charge in [0.15, 0.2) is 11.5 Å². The van der Waals surface area contributed by atoms with Gasteiger partial charge in [-0.1, -0.05) is 11.6 Å². The summed E-state index contributed by atoms with van der Waals surface area (Å²) in [5.74, 6) is 0.655. The van der Waals surface area contributed by atoms with Crippen molar-refractivity contribution < 1.29 is 19.2 Å². The summed E-state index contributed by atoms with van der Waals surface area (Å²) in [4.78, 5) is 22.1. The zero-order valence-electron chi connectivity index (χ0n) is 14.9. The quantitative estimate of drug-likeness (QED) is 0.418. The van der Waals surface area contributed by atoms with Gasteiger partial charge in [-0.05, 0) is 48.4 Å². The first kappa shape index (κ1) is 20.3. The van der Waals surface area contributed by atoms with Crippen molar-refractivity contribution in [1.29, 1.82) is 0 Å². The fraction of sp³-hybridized carbons (Fsp3) is 0.211. The zero-order chi connectivity index (χ0) is 19.8. The Morgan fingerprint density at radius 3 is 2.59 bits per heavy atom. The van der Waals surface area contributed by atoms with Crippen molar-refractivity contribution in [3.05, 3.63) is 68.7 Å². The molecule has 0 fully saturated rings. The monoisotopic (exact) mass is 390 g/mol. The highest BCUT2D eigenvalue weighted by molar-refractivity contribution is 6.32. The van der Waals surface area contributed by atoms with Gasteiger partial charge in [-0.15, -0.1) is 0 Å². The average Bonchev–Trinajstić information content (AvgIpc) is 2.66. The Labute approximate surface area is 161 Å². The molecule has 0 aliphatic rings. The molecule has 0 heterocycles. The van der Waals surface area contributed by atoms with E-state index >= 15 is 0 Å². The van der Waals surface area contributed by atoms with Gasteiger partial charge < -0.3 is 14.8 Å². The Morgan fingerprint density at radius 2 is 2.00 bits per heavy atom. The molecule has 0 aliphatic heterocycles. The number of nitro groups is 1. The summed E-state index contributed by atoms with van der Waals surface area (Å²) in [5, 5.41) is 13.8. The van der Waals surface area contributed by atoms with Gasteiger partial charge in [0.05, 0.1) is 23.7 Å². The molecule has 1 N–H and O–H groups in total. The van der Waals surface area contributed by atoms with Crippen molar-refractivity contribution in [3.63, 3.8) is 0 Å². The highest BCUT2D eigenvalue weighted by Crippen LogP contribution is 2.36. The number of hydrogen-bond donors (Lipinski definition) is 1. The molecule has 142 valence electrons. The fourth-order valence-corrected chi connectivity index (χ4v) is 2.57. The van der Waals surface area contributed by atoms with Crippen molar-refractivity contribution in [2.24, 2.45) is 0 Å². The first-order valence-electron chi connectivity index (χ1n) is 8.14. The second-order valence-corrected chi connectivity index (χ2v) is 5.85. The fourth-order valence-electron chi connectivity index (χ4n) is 2.29. The number of benzene rings is 2. The number of non-ortho nitro benzene ring substituents is 1. The lowest BCUT2D eigenvalue weighted by atomic mass is 10.2. The van der Waals surface area contributed by atoms with Crippen LogP contribution >= 0.6 is 11.6 Å². The lowest BCUT2D eigenvalue weighted by Gasteiger charge is -2.13. The van der Waals surface area contributed by atoms with E-state index in [2.05, 4.69) is 5.32 Å². The Hall–Kier alpha value is -3.06. The third-order valence-electron chi connectivity index (χ3n) is 3.58. The molecule has 1 amide bonds. The van der Waals surface area contributed by atoms with E-state index < -0.39 is 4.92 Å². The van der Waals surface area contributed by atoms with E-state index in [1.54, 1.807) is 30.3 Å². The minimum Gasteiger partial charge on any atom is -0.493 e. The topological polar surface area (TPSA) is 90.7 Å². The first-order valence-corrected chi connectivity index (χ1v) is 8.52. The molecule has 8 heteroatoms. The molecule has 2 aromatic rings. The highest BCUT2D eigenvalue weighted by atomic mass is 35.5. The molecule has 0 radical (unpaired) electrons. The van der Waals surface area contributed by atoms with Crippen LogP contribution in [0, 0.1) is 10.1 Å². The third-order valence-corrected chi connectivity index (χ3v) is 3.86. The molecule has 0 spiro atoms. The van der Waals surface area contributed by atoms with E-state index in [9.17, 15) is 14.9 Å². The van der Waals surface area contributed by atoms with E-state index in [0.717, 1.165) is 5.56 Å². The van der Waals surface area contributed by atoms with Gasteiger partial charge in [0.25, 0.3) is 5.69 Å². The number of ether oxygens (including phenoxy) is 2. The predicted molar refractivity (Wildman–Crippen MR) is 103 cm³/mol. The molecule has 7 nitrogen and oxygen atoms in total. The molecule has 27 heavy (non-hydrogen) atoms. The van der Waals surface area contributed by atoms with Gasteiger partial charge in [0.2, 0.25) is 5.91 Å². The SMILES string of the molecule is CCOc1c(Cl)cc(CNC(=O)/C=C/c2ccc([N+](=O)[O-])cc2)cc1OC. The lowest BCUT2D eigenvalue weighted by Crippen LogP contribution is -2.20. The smallest absolute Gasteiger partial charge is 0.269 e. The molecule has 2 rings (SSSR count). The van der Waals surface area contributed by atoms with Crippen molar-refractivity contribution in [3.8, 4) is 11.5 Å². The number of rotatable bonds is 8. The van der Waals surface area contributed by atoms with Crippen LogP contribution < -0.4 is 14.8 Å². The highest BCUT2D eigenvalue weighted by Gasteiger charge is 2.12. The number of nitrogens with one attached hydrogen (secondary N) is 1. The van der Waals surface area contributed by atoms with Crippen LogP contribution in [0.4, 0.5) is 5.69 Å². The molecule has 0 bridgehead atoms. The van der Waals surface area contributed by atoms with Gasteiger partial charge in [0.1, 0.15) is 0 Å². The van der Waals surface area contributed by atoms with Gasteiger partial charge in [0, 0.05) is 24.8 Å². The molecule has 0 aliphatic carbocycles. The number of carbonyl (C=O) groups is 1. The minimum absolute atomic E-state index is 0.00192. The third kappa shape index (κ3) is 5.72. The molecular formula is C19H19ClN2O5. The molecule has 0 atom stereocenters. The largest absolute Gasteiger partial charge is 0.493 e. The summed E-state index contributed by atoms with van der Waals surface area (Å²) >= 11 is 6.20. The van der Waals surface area contributed by atoms with Crippen molar-refractivity contribution in [1.82, 2.24) is 5.32 Å². The van der Waals surface area contributed by atoms with Crippen LogP contribution in [-0.4, -0.2) is 24.5 Å². The average molecular weight is 391 g/mol. The number of methoxy groups -OCH3 is 1. The van der Waals surface area contributed by atoms with E-state index in [-0.39, 0.29) is 18.1 Å². The Bertz CT molecular complexity index is 850. The van der Waals surface area contributed by atoms with E-state index in [1.165, 1.54) is 25.3 Å². The molecule has 0 unspecified atom stereocenters. The summed E-state index contributed by atoms with van der Waals surface area (Å²) in [6.07, 6.45) is 2.93. The van der Waals surface area contributed by atoms with Crippen LogP contribution in [-0.2, 0) is 11.3 Å². The Balaban J connectivity index is 1.98. The van der Waals surface area contributed by atoms with Crippen LogP contribution in [0.2, 0.25) is 5.02 Å². The first-order chi connectivity index (χ1) is 12.9. The normalized spacial score (nSPS) is 10.6. The zero-order valence-corrected chi connectivity index (χ0v) is 15.7. The molecule has 0 aromatic heterocycles. The standard InChI is InChI=1S/C19H19ClN2O5/c1-3-27-19-16(20)10-14(11-17(19)26-2)12-21-18(23)9-6-13-4-7-15(8-5-13)22(24)25/h4-11H,3,12H2,1-2H3,(H,21,23)/b9-6+. The van der Waals surface area contributed by atoms with Gasteiger partial charge in [-0.2, -0.15) is 0 Å². The Morgan fingerprint density at radius 1 is 1.30 bits per heavy atom. The van der Waals surface area contributed by atoms with Crippen molar-refractivity contribution in [2.75, 3.05) is 13.7 Å². The number of carbonyl (C=O) groups excluding carboxylic acids is 1. The van der Waals surface area contributed by atoms with Crippen LogP contribution in [0.1, 0.15) is 18.1 Å². The summed E-state index contributed by atoms with van der Waals surface area (Å²) in [7, 11) is 1.52. The van der Waals surface area contributed by atoms with Gasteiger partial charge in [-0.3, -0.25) is 14.9 Å². The Kier molecular flexibility index (Phi) is 7.19. The number of nitro benzene ring substituents is 1. The molecule has 2 aromatic carbocycles. The molecular weight excluding hydrogens is 372 g/mol. The second-order valence-electron chi connectivity index (χ2n) is 5.44. The van der Waals surface area contributed by atoms with Crippen molar-refractivity contribution in [2.45, 2.75) is 13.5 Å². The predicted octanol–water partition coefficient (Wildman–Crippen LogP) is 3.99. The van der Waals surface area contributed by atoms with Crippen molar-refractivity contribution >= 4 is 29.3 Å². The molecule has 0 saturated carbocycles. The van der Waals surface area contributed by atoms with Gasteiger partial charge >= 0.3 is 0 Å². The maximum Gasteiger partial charge on any atom is 0.269 e. The van der Waals surface area contributed by atoms with E-state index in [1.807, 2.05) is 6.92 Å². The summed E-state index contributed by atoms with van der Waals surface area (Å²) < 4.78 is 10.7. The number of hydrogen-bond acceptors (Lipinski definition) is 5. The summed E-state index contributed by atoms with van der Waals surface area (Å²) in [5.41, 5.74) is 1.44. The maximum atomic E-state index is 12.0. The summed E-state index contributed by atoms with van der Waals surface area (Å²) in [6, 6.07) is 9.35. The lowest BCUT2D eigenvalue weighted by molar-refractivity contribution is -0.384. The second kappa shape index (κ2) is 9.59. The van der Waals surface area contributed by atoms with E-state index in [4.69, 9.17) is 21.1 Å². The number of nitrogens with zero attached hydrogens (tertiary/aromatic N) is 1. The minimum atomic E-state index is -0.476. The molecule has 0 saturated heterocycles. The maximum absolute atomic E-state index is 12.0. The van der Waals surface area contributed by atoms with Crippen LogP contribution in [0.5, 0.6) is 11.5 Å². The van der Waals surface area contributed by atoms with Crippen LogP contribution in [0.25, 0.3) is 6.08 Å². The number of halogens is 1.